The van der Waals surface area contributed by atoms with Gasteiger partial charge in [0.15, 0.2) is 0 Å². The highest BCUT2D eigenvalue weighted by Crippen LogP contribution is 2.32. The minimum Gasteiger partial charge on any atom is -0.385 e. The Labute approximate surface area is 204 Å². The molecule has 1 aliphatic heterocycles. The van der Waals surface area contributed by atoms with E-state index in [0.29, 0.717) is 6.61 Å². The molecule has 1 atom stereocenters. The summed E-state index contributed by atoms with van der Waals surface area (Å²) in [5.41, 5.74) is 7.18. The maximum atomic E-state index is 5.41. The van der Waals surface area contributed by atoms with Gasteiger partial charge in [-0.05, 0) is 30.2 Å². The lowest BCUT2D eigenvalue weighted by atomic mass is 10.0. The van der Waals surface area contributed by atoms with Gasteiger partial charge in [-0.3, -0.25) is 0 Å². The molecular weight excluding hydrogens is 420 g/mol. The number of methoxy groups -OCH3 is 1. The van der Waals surface area contributed by atoms with Crippen LogP contribution in [-0.2, 0) is 11.3 Å². The van der Waals surface area contributed by atoms with Gasteiger partial charge in [-0.15, -0.1) is 0 Å². The van der Waals surface area contributed by atoms with Crippen molar-refractivity contribution in [1.82, 2.24) is 5.32 Å². The van der Waals surface area contributed by atoms with E-state index in [0.717, 1.165) is 58.1 Å². The molecule has 0 saturated heterocycles. The third-order valence-corrected chi connectivity index (χ3v) is 5.47. The third kappa shape index (κ3) is 5.86. The highest BCUT2D eigenvalue weighted by Gasteiger charge is 2.23. The fourth-order valence-electron chi connectivity index (χ4n) is 3.90. The van der Waals surface area contributed by atoms with Crippen molar-refractivity contribution >= 4 is 22.9 Å². The zero-order valence-corrected chi connectivity index (χ0v) is 20.7. The van der Waals surface area contributed by atoms with Gasteiger partial charge in [0.25, 0.3) is 0 Å². The Bertz CT molecular complexity index is 1120. The number of benzene rings is 3. The molecule has 0 aromatic heterocycles. The lowest BCUT2D eigenvalue weighted by Gasteiger charge is -2.28. The fourth-order valence-corrected chi connectivity index (χ4v) is 3.90. The number of anilines is 2. The van der Waals surface area contributed by atoms with E-state index in [1.54, 1.807) is 7.11 Å². The van der Waals surface area contributed by atoms with Crippen molar-refractivity contribution in [2.24, 2.45) is 4.99 Å². The Kier molecular flexibility index (Phi) is 9.30. The van der Waals surface area contributed by atoms with Crippen LogP contribution < -0.4 is 16.0 Å². The largest absolute Gasteiger partial charge is 0.385 e. The summed E-state index contributed by atoms with van der Waals surface area (Å²) in [4.78, 5) is 5.05. The molecule has 0 saturated carbocycles. The first-order valence-electron chi connectivity index (χ1n) is 12.0. The van der Waals surface area contributed by atoms with Crippen molar-refractivity contribution in [3.8, 4) is 0 Å². The fraction of sp³-hybridized carbons (Fsp3) is 0.276. The molecule has 0 aliphatic carbocycles. The lowest BCUT2D eigenvalue weighted by molar-refractivity contribution is 0.184. The van der Waals surface area contributed by atoms with Gasteiger partial charge in [-0.25, -0.2) is 4.99 Å². The zero-order valence-electron chi connectivity index (χ0n) is 20.7. The van der Waals surface area contributed by atoms with Crippen molar-refractivity contribution in [3.63, 3.8) is 0 Å². The summed E-state index contributed by atoms with van der Waals surface area (Å²) >= 11 is 0. The molecule has 0 radical (unpaired) electrons. The van der Waals surface area contributed by atoms with Crippen LogP contribution in [0.1, 0.15) is 55.6 Å². The lowest BCUT2D eigenvalue weighted by Crippen LogP contribution is -2.30. The zero-order chi connectivity index (χ0) is 24.3. The van der Waals surface area contributed by atoms with E-state index in [2.05, 4.69) is 65.9 Å². The van der Waals surface area contributed by atoms with E-state index >= 15 is 0 Å². The van der Waals surface area contributed by atoms with Crippen LogP contribution in [0.5, 0.6) is 0 Å². The topological polar surface area (TPSA) is 57.7 Å². The van der Waals surface area contributed by atoms with Crippen molar-refractivity contribution in [1.29, 1.82) is 0 Å². The quantitative estimate of drug-likeness (QED) is 0.348. The number of nitrogens with zero attached hydrogens (tertiary/aromatic N) is 1. The van der Waals surface area contributed by atoms with E-state index in [9.17, 15) is 0 Å². The highest BCUT2D eigenvalue weighted by atomic mass is 16.5. The van der Waals surface area contributed by atoms with Crippen LogP contribution >= 0.6 is 0 Å². The molecule has 178 valence electrons. The third-order valence-electron chi connectivity index (χ3n) is 5.47. The smallest absolute Gasteiger partial charge is 0.147 e. The molecule has 4 rings (SSSR count). The Hall–Kier alpha value is -3.57. The van der Waals surface area contributed by atoms with Gasteiger partial charge >= 0.3 is 0 Å². The Morgan fingerprint density at radius 1 is 1.00 bits per heavy atom. The van der Waals surface area contributed by atoms with Crippen LogP contribution in [0.25, 0.3) is 5.70 Å². The van der Waals surface area contributed by atoms with Gasteiger partial charge in [-0.2, -0.15) is 0 Å². The number of hydrogen-bond donors (Lipinski definition) is 3. The Morgan fingerprint density at radius 3 is 2.50 bits per heavy atom. The van der Waals surface area contributed by atoms with Crippen LogP contribution in [0.2, 0.25) is 0 Å². The molecule has 0 fully saturated rings. The second-order valence-electron chi connectivity index (χ2n) is 7.78. The summed E-state index contributed by atoms with van der Waals surface area (Å²) in [6, 6.07) is 24.7. The molecule has 1 heterocycles. The monoisotopic (exact) mass is 456 g/mol. The minimum absolute atomic E-state index is 0.222. The molecule has 5 heteroatoms. The van der Waals surface area contributed by atoms with Crippen molar-refractivity contribution < 1.29 is 4.74 Å². The van der Waals surface area contributed by atoms with E-state index in [4.69, 9.17) is 9.73 Å². The number of rotatable bonds is 8. The first-order chi connectivity index (χ1) is 16.7. The standard InChI is InChI=1S/C27H30N4O.C2H6/c1-4-17-28-24-15-9-7-12-21(24)19(2)29-27-23-14-8-10-16-25(23)30-26(31-27)22-13-6-5-11-20(22)18-32-3;1-2/h5-16,26,28,30H,2,4,17-18H2,1,3H3,(H,29,31);1-2H3. The Morgan fingerprint density at radius 2 is 1.71 bits per heavy atom. The predicted octanol–water partition coefficient (Wildman–Crippen LogP) is 6.81. The average Bonchev–Trinajstić information content (AvgIpc) is 2.89. The molecule has 3 N–H and O–H groups in total. The van der Waals surface area contributed by atoms with E-state index in [1.807, 2.05) is 50.2 Å². The summed E-state index contributed by atoms with van der Waals surface area (Å²) in [7, 11) is 1.71. The summed E-state index contributed by atoms with van der Waals surface area (Å²) in [6.07, 6.45) is 0.836. The summed E-state index contributed by atoms with van der Waals surface area (Å²) < 4.78 is 5.41. The van der Waals surface area contributed by atoms with Gasteiger partial charge in [-0.1, -0.05) is 81.9 Å². The predicted molar refractivity (Wildman–Crippen MR) is 145 cm³/mol. The minimum atomic E-state index is -0.222. The first kappa shape index (κ1) is 25.1. The van der Waals surface area contributed by atoms with E-state index in [-0.39, 0.29) is 6.17 Å². The number of fused-ring (bicyclic) bond motifs is 1. The van der Waals surface area contributed by atoms with Crippen molar-refractivity contribution in [2.75, 3.05) is 24.3 Å². The van der Waals surface area contributed by atoms with Crippen LogP contribution in [0.15, 0.2) is 84.4 Å². The van der Waals surface area contributed by atoms with E-state index < -0.39 is 0 Å². The Balaban J connectivity index is 0.00000158. The summed E-state index contributed by atoms with van der Waals surface area (Å²) in [5.74, 6) is 0.798. The molecule has 3 aromatic rings. The number of hydrogen-bond acceptors (Lipinski definition) is 5. The second kappa shape index (κ2) is 12.6. The summed E-state index contributed by atoms with van der Waals surface area (Å²) in [6.45, 7) is 11.9. The van der Waals surface area contributed by atoms with Crippen LogP contribution in [-0.4, -0.2) is 19.5 Å². The number of amidine groups is 1. The van der Waals surface area contributed by atoms with Gasteiger partial charge < -0.3 is 20.7 Å². The maximum Gasteiger partial charge on any atom is 0.147 e. The molecule has 34 heavy (non-hydrogen) atoms. The van der Waals surface area contributed by atoms with Gasteiger partial charge in [0.05, 0.1) is 6.61 Å². The molecule has 1 unspecified atom stereocenters. The van der Waals surface area contributed by atoms with Crippen LogP contribution in [0, 0.1) is 0 Å². The van der Waals surface area contributed by atoms with Crippen LogP contribution in [0.3, 0.4) is 0 Å². The maximum absolute atomic E-state index is 5.41. The van der Waals surface area contributed by atoms with Crippen molar-refractivity contribution in [3.05, 3.63) is 102 Å². The highest BCUT2D eigenvalue weighted by molar-refractivity contribution is 6.08. The molecule has 0 amide bonds. The van der Waals surface area contributed by atoms with Gasteiger partial charge in [0, 0.05) is 47.4 Å². The normalized spacial score (nSPS) is 14.0. The molecule has 0 bridgehead atoms. The second-order valence-corrected chi connectivity index (χ2v) is 7.78. The average molecular weight is 457 g/mol. The number of aliphatic imine (C=N–C) groups is 1. The number of para-hydroxylation sites is 2. The van der Waals surface area contributed by atoms with E-state index in [1.165, 1.54) is 0 Å². The molecule has 5 nitrogen and oxygen atoms in total. The molecule has 3 aromatic carbocycles. The first-order valence-corrected chi connectivity index (χ1v) is 12.0. The SMILES string of the molecule is C=C(NC1=NC(c2ccccc2COC)Nc2ccccc21)c1ccccc1NCCC.CC. The van der Waals surface area contributed by atoms with Gasteiger partial charge in [0.1, 0.15) is 12.0 Å². The van der Waals surface area contributed by atoms with Crippen molar-refractivity contribution in [2.45, 2.75) is 40.0 Å². The molecule has 0 spiro atoms. The summed E-state index contributed by atoms with van der Waals surface area (Å²) in [5, 5.41) is 10.6. The number of ether oxygens (including phenoxy) is 1. The molecule has 1 aliphatic rings. The molecular formula is C29H36N4O. The van der Waals surface area contributed by atoms with Crippen LogP contribution in [0.4, 0.5) is 11.4 Å². The van der Waals surface area contributed by atoms with Gasteiger partial charge in [0.2, 0.25) is 0 Å². The number of nitrogens with one attached hydrogen (secondary N) is 3.